The number of methoxy groups -OCH3 is 1. The monoisotopic (exact) mass is 212 g/mol. The first-order chi connectivity index (χ1) is 7.10. The maximum atomic E-state index is 13.7. The highest BCUT2D eigenvalue weighted by molar-refractivity contribution is 5.31. The van der Waals surface area contributed by atoms with E-state index in [2.05, 4.69) is 5.43 Å². The second-order valence-electron chi connectivity index (χ2n) is 3.78. The van der Waals surface area contributed by atoms with E-state index >= 15 is 0 Å². The van der Waals surface area contributed by atoms with E-state index in [1.807, 2.05) is 13.8 Å². The van der Waals surface area contributed by atoms with Gasteiger partial charge < -0.3 is 4.74 Å². The summed E-state index contributed by atoms with van der Waals surface area (Å²) in [7, 11) is 1.51. The first-order valence-electron chi connectivity index (χ1n) is 4.89. The Kier molecular flexibility index (Phi) is 4.05. The Hall–Kier alpha value is -1.13. The minimum Gasteiger partial charge on any atom is -0.497 e. The molecule has 0 bridgehead atoms. The van der Waals surface area contributed by atoms with Crippen molar-refractivity contribution in [2.24, 2.45) is 11.8 Å². The molecule has 1 aromatic rings. The van der Waals surface area contributed by atoms with Crippen molar-refractivity contribution in [2.75, 3.05) is 7.11 Å². The van der Waals surface area contributed by atoms with Crippen LogP contribution in [0.3, 0.4) is 0 Å². The smallest absolute Gasteiger partial charge is 0.131 e. The van der Waals surface area contributed by atoms with Gasteiger partial charge in [0, 0.05) is 11.6 Å². The molecular formula is C11H17FN2O. The van der Waals surface area contributed by atoms with Crippen LogP contribution in [0.4, 0.5) is 4.39 Å². The standard InChI is InChI=1S/C11H17FN2O/c1-7(2)11(14-13)9-5-4-8(15-3)6-10(9)12/h4-7,11,14H,13H2,1-3H3. The van der Waals surface area contributed by atoms with Gasteiger partial charge in [-0.15, -0.1) is 0 Å². The van der Waals surface area contributed by atoms with Crippen LogP contribution in [-0.4, -0.2) is 7.11 Å². The molecule has 0 heterocycles. The molecule has 0 spiro atoms. The lowest BCUT2D eigenvalue weighted by atomic mass is 9.96. The molecule has 1 unspecified atom stereocenters. The summed E-state index contributed by atoms with van der Waals surface area (Å²) in [5.41, 5.74) is 3.18. The number of ether oxygens (including phenoxy) is 1. The lowest BCUT2D eigenvalue weighted by Gasteiger charge is -2.21. The Morgan fingerprint density at radius 1 is 1.40 bits per heavy atom. The van der Waals surface area contributed by atoms with E-state index in [0.717, 1.165) is 0 Å². The molecular weight excluding hydrogens is 195 g/mol. The molecule has 0 fully saturated rings. The van der Waals surface area contributed by atoms with Crippen molar-refractivity contribution < 1.29 is 9.13 Å². The second-order valence-corrected chi connectivity index (χ2v) is 3.78. The molecule has 0 aliphatic carbocycles. The zero-order valence-electron chi connectivity index (χ0n) is 9.25. The van der Waals surface area contributed by atoms with Gasteiger partial charge in [0.15, 0.2) is 0 Å². The van der Waals surface area contributed by atoms with Gasteiger partial charge in [0.2, 0.25) is 0 Å². The molecule has 3 nitrogen and oxygen atoms in total. The normalized spacial score (nSPS) is 12.9. The van der Waals surface area contributed by atoms with Crippen LogP contribution in [0.25, 0.3) is 0 Å². The van der Waals surface area contributed by atoms with Crippen molar-refractivity contribution >= 4 is 0 Å². The first-order valence-corrected chi connectivity index (χ1v) is 4.89. The van der Waals surface area contributed by atoms with Crippen LogP contribution in [0.2, 0.25) is 0 Å². The lowest BCUT2D eigenvalue weighted by Crippen LogP contribution is -2.32. The van der Waals surface area contributed by atoms with Gasteiger partial charge in [-0.1, -0.05) is 19.9 Å². The predicted octanol–water partition coefficient (Wildman–Crippen LogP) is 1.99. The summed E-state index contributed by atoms with van der Waals surface area (Å²) >= 11 is 0. The number of hydrazine groups is 1. The molecule has 0 aromatic heterocycles. The molecule has 4 heteroatoms. The van der Waals surface area contributed by atoms with Gasteiger partial charge in [-0.2, -0.15) is 0 Å². The Morgan fingerprint density at radius 2 is 2.07 bits per heavy atom. The highest BCUT2D eigenvalue weighted by Crippen LogP contribution is 2.26. The second kappa shape index (κ2) is 5.09. The van der Waals surface area contributed by atoms with Crippen LogP contribution in [0, 0.1) is 11.7 Å². The van der Waals surface area contributed by atoms with E-state index in [4.69, 9.17) is 10.6 Å². The van der Waals surface area contributed by atoms with Crippen molar-refractivity contribution in [3.05, 3.63) is 29.6 Å². The summed E-state index contributed by atoms with van der Waals surface area (Å²) in [6.07, 6.45) is 0. The summed E-state index contributed by atoms with van der Waals surface area (Å²) in [6, 6.07) is 4.60. The fraction of sp³-hybridized carbons (Fsp3) is 0.455. The highest BCUT2D eigenvalue weighted by Gasteiger charge is 2.18. The van der Waals surface area contributed by atoms with E-state index in [1.165, 1.54) is 13.2 Å². The van der Waals surface area contributed by atoms with Crippen LogP contribution in [-0.2, 0) is 0 Å². The third-order valence-electron chi connectivity index (χ3n) is 2.39. The summed E-state index contributed by atoms with van der Waals surface area (Å²) in [5, 5.41) is 0. The molecule has 0 saturated carbocycles. The molecule has 0 saturated heterocycles. The van der Waals surface area contributed by atoms with Gasteiger partial charge >= 0.3 is 0 Å². The first kappa shape index (κ1) is 11.9. The van der Waals surface area contributed by atoms with E-state index < -0.39 is 0 Å². The van der Waals surface area contributed by atoms with E-state index in [0.29, 0.717) is 11.3 Å². The molecule has 0 radical (unpaired) electrons. The molecule has 3 N–H and O–H groups in total. The van der Waals surface area contributed by atoms with E-state index in [-0.39, 0.29) is 17.8 Å². The predicted molar refractivity (Wildman–Crippen MR) is 57.9 cm³/mol. The van der Waals surface area contributed by atoms with Crippen LogP contribution < -0.4 is 16.0 Å². The summed E-state index contributed by atoms with van der Waals surface area (Å²) in [4.78, 5) is 0. The quantitative estimate of drug-likeness (QED) is 0.592. The lowest BCUT2D eigenvalue weighted by molar-refractivity contribution is 0.393. The minimum atomic E-state index is -0.300. The fourth-order valence-electron chi connectivity index (χ4n) is 1.53. The average molecular weight is 212 g/mol. The van der Waals surface area contributed by atoms with Crippen molar-refractivity contribution in [2.45, 2.75) is 19.9 Å². The van der Waals surface area contributed by atoms with Gasteiger partial charge in [0.05, 0.1) is 13.2 Å². The van der Waals surface area contributed by atoms with Crippen molar-refractivity contribution in [3.63, 3.8) is 0 Å². The maximum Gasteiger partial charge on any atom is 0.131 e. The maximum absolute atomic E-state index is 13.7. The summed E-state index contributed by atoms with van der Waals surface area (Å²) in [6.45, 7) is 3.96. The largest absolute Gasteiger partial charge is 0.497 e. The Labute approximate surface area is 89.4 Å². The Bertz CT molecular complexity index is 328. The van der Waals surface area contributed by atoms with Crippen molar-refractivity contribution in [3.8, 4) is 5.75 Å². The van der Waals surface area contributed by atoms with Gasteiger partial charge in [0.25, 0.3) is 0 Å². The zero-order valence-corrected chi connectivity index (χ0v) is 9.25. The van der Waals surface area contributed by atoms with Gasteiger partial charge in [-0.05, 0) is 12.0 Å². The minimum absolute atomic E-state index is 0.184. The molecule has 0 amide bonds. The zero-order chi connectivity index (χ0) is 11.4. The third kappa shape index (κ3) is 2.67. The number of rotatable bonds is 4. The summed E-state index contributed by atoms with van der Waals surface area (Å²) < 4.78 is 18.6. The van der Waals surface area contributed by atoms with E-state index in [9.17, 15) is 4.39 Å². The Morgan fingerprint density at radius 3 is 2.47 bits per heavy atom. The molecule has 1 rings (SSSR count). The fourth-order valence-corrected chi connectivity index (χ4v) is 1.53. The molecule has 0 aliphatic rings. The molecule has 1 aromatic carbocycles. The SMILES string of the molecule is COc1ccc(C(NN)C(C)C)c(F)c1. The topological polar surface area (TPSA) is 47.3 Å². The molecule has 1 atom stereocenters. The van der Waals surface area contributed by atoms with E-state index in [1.54, 1.807) is 12.1 Å². The number of nitrogens with two attached hydrogens (primary N) is 1. The van der Waals surface area contributed by atoms with Gasteiger partial charge in [0.1, 0.15) is 11.6 Å². The van der Waals surface area contributed by atoms with Crippen molar-refractivity contribution in [1.29, 1.82) is 0 Å². The number of benzene rings is 1. The van der Waals surface area contributed by atoms with Crippen LogP contribution >= 0.6 is 0 Å². The summed E-state index contributed by atoms with van der Waals surface area (Å²) in [5.74, 6) is 5.83. The molecule has 0 aliphatic heterocycles. The highest BCUT2D eigenvalue weighted by atomic mass is 19.1. The third-order valence-corrected chi connectivity index (χ3v) is 2.39. The molecule has 84 valence electrons. The molecule has 15 heavy (non-hydrogen) atoms. The number of hydrogen-bond donors (Lipinski definition) is 2. The Balaban J connectivity index is 3.03. The van der Waals surface area contributed by atoms with Gasteiger partial charge in [-0.25, -0.2) is 4.39 Å². The number of halogens is 1. The number of nitrogens with one attached hydrogen (secondary N) is 1. The van der Waals surface area contributed by atoms with Crippen LogP contribution in [0.5, 0.6) is 5.75 Å². The average Bonchev–Trinajstić information content (AvgIpc) is 2.20. The number of hydrogen-bond acceptors (Lipinski definition) is 3. The van der Waals surface area contributed by atoms with Crippen molar-refractivity contribution in [1.82, 2.24) is 5.43 Å². The van der Waals surface area contributed by atoms with Crippen LogP contribution in [0.1, 0.15) is 25.5 Å². The van der Waals surface area contributed by atoms with Crippen LogP contribution in [0.15, 0.2) is 18.2 Å². The van der Waals surface area contributed by atoms with Gasteiger partial charge in [-0.3, -0.25) is 11.3 Å².